The zero-order chi connectivity index (χ0) is 10.5. The molecule has 15 heavy (non-hydrogen) atoms. The van der Waals surface area contributed by atoms with Gasteiger partial charge in [0.05, 0.1) is 6.54 Å². The summed E-state index contributed by atoms with van der Waals surface area (Å²) in [6.07, 6.45) is 3.03. The van der Waals surface area contributed by atoms with Crippen molar-refractivity contribution in [3.8, 4) is 11.3 Å². The molecule has 2 rings (SSSR count). The van der Waals surface area contributed by atoms with Crippen molar-refractivity contribution in [2.75, 3.05) is 0 Å². The lowest BCUT2D eigenvalue weighted by atomic mass is 10.1. The van der Waals surface area contributed by atoms with Crippen LogP contribution in [0.1, 0.15) is 5.56 Å². The van der Waals surface area contributed by atoms with E-state index < -0.39 is 0 Å². The molecule has 0 atom stereocenters. The molecule has 2 aromatic rings. The Bertz CT molecular complexity index is 468. The molecule has 0 bridgehead atoms. The molecule has 0 amide bonds. The zero-order valence-electron chi connectivity index (χ0n) is 7.88. The SMILES string of the molecule is O=C=NCc1ccc(-c2ccon2)cc1. The van der Waals surface area contributed by atoms with Gasteiger partial charge in [0.25, 0.3) is 0 Å². The first-order valence-electron chi connectivity index (χ1n) is 4.43. The second-order valence-corrected chi connectivity index (χ2v) is 2.99. The maximum absolute atomic E-state index is 9.92. The molecule has 4 nitrogen and oxygen atoms in total. The van der Waals surface area contributed by atoms with Gasteiger partial charge in [-0.15, -0.1) is 0 Å². The number of hydrogen-bond donors (Lipinski definition) is 0. The van der Waals surface area contributed by atoms with E-state index in [2.05, 4.69) is 10.1 Å². The van der Waals surface area contributed by atoms with Crippen molar-refractivity contribution in [3.05, 3.63) is 42.2 Å². The van der Waals surface area contributed by atoms with Gasteiger partial charge < -0.3 is 4.52 Å². The van der Waals surface area contributed by atoms with Crippen LogP contribution in [0.15, 0.2) is 46.1 Å². The van der Waals surface area contributed by atoms with Gasteiger partial charge in [0, 0.05) is 11.6 Å². The Labute approximate surface area is 86.2 Å². The van der Waals surface area contributed by atoms with E-state index in [1.807, 2.05) is 24.3 Å². The lowest BCUT2D eigenvalue weighted by Crippen LogP contribution is -1.82. The van der Waals surface area contributed by atoms with Gasteiger partial charge in [-0.25, -0.2) is 9.79 Å². The van der Waals surface area contributed by atoms with Gasteiger partial charge in [0.2, 0.25) is 6.08 Å². The van der Waals surface area contributed by atoms with E-state index in [1.54, 1.807) is 6.07 Å². The summed E-state index contributed by atoms with van der Waals surface area (Å²) in [6, 6.07) is 9.40. The summed E-state index contributed by atoms with van der Waals surface area (Å²) < 4.78 is 4.74. The zero-order valence-corrected chi connectivity index (χ0v) is 7.88. The minimum Gasteiger partial charge on any atom is -0.364 e. The highest BCUT2D eigenvalue weighted by Gasteiger charge is 2.00. The Hall–Kier alpha value is -2.19. The molecule has 4 heteroatoms. The fourth-order valence-electron chi connectivity index (χ4n) is 1.27. The van der Waals surface area contributed by atoms with Crippen LogP contribution in [0, 0.1) is 0 Å². The summed E-state index contributed by atoms with van der Waals surface area (Å²) in [7, 11) is 0. The van der Waals surface area contributed by atoms with Crippen LogP contribution >= 0.6 is 0 Å². The van der Waals surface area contributed by atoms with Gasteiger partial charge in [-0.1, -0.05) is 29.4 Å². The second kappa shape index (κ2) is 4.35. The van der Waals surface area contributed by atoms with E-state index in [9.17, 15) is 4.79 Å². The average Bonchev–Trinajstić information content (AvgIpc) is 2.80. The van der Waals surface area contributed by atoms with Crippen molar-refractivity contribution in [2.45, 2.75) is 6.54 Å². The molecule has 0 saturated carbocycles. The number of nitrogens with zero attached hydrogens (tertiary/aromatic N) is 2. The van der Waals surface area contributed by atoms with Crippen molar-refractivity contribution >= 4 is 6.08 Å². The van der Waals surface area contributed by atoms with Crippen LogP contribution in [0.25, 0.3) is 11.3 Å². The molecule has 0 saturated heterocycles. The van der Waals surface area contributed by atoms with Gasteiger partial charge in [-0.2, -0.15) is 0 Å². The van der Waals surface area contributed by atoms with E-state index in [0.717, 1.165) is 16.8 Å². The fraction of sp³-hybridized carbons (Fsp3) is 0.0909. The number of benzene rings is 1. The molecule has 1 aromatic heterocycles. The average molecular weight is 200 g/mol. The van der Waals surface area contributed by atoms with Crippen molar-refractivity contribution in [3.63, 3.8) is 0 Å². The monoisotopic (exact) mass is 200 g/mol. The molecular weight excluding hydrogens is 192 g/mol. The lowest BCUT2D eigenvalue weighted by molar-refractivity contribution is 0.422. The van der Waals surface area contributed by atoms with Crippen LogP contribution < -0.4 is 0 Å². The Morgan fingerprint density at radius 1 is 1.27 bits per heavy atom. The van der Waals surface area contributed by atoms with Crippen LogP contribution in [0.2, 0.25) is 0 Å². The molecule has 0 spiro atoms. The van der Waals surface area contributed by atoms with Crippen molar-refractivity contribution < 1.29 is 9.32 Å². The topological polar surface area (TPSA) is 55.5 Å². The molecule has 0 aliphatic carbocycles. The minimum atomic E-state index is 0.364. The van der Waals surface area contributed by atoms with E-state index in [0.29, 0.717) is 6.54 Å². The van der Waals surface area contributed by atoms with Gasteiger partial charge in [-0.3, -0.25) is 0 Å². The molecule has 0 aliphatic rings. The Morgan fingerprint density at radius 3 is 2.67 bits per heavy atom. The molecule has 0 unspecified atom stereocenters. The first-order valence-corrected chi connectivity index (χ1v) is 4.43. The third-order valence-corrected chi connectivity index (χ3v) is 2.01. The third-order valence-electron chi connectivity index (χ3n) is 2.01. The van der Waals surface area contributed by atoms with Crippen LogP contribution in [0.5, 0.6) is 0 Å². The van der Waals surface area contributed by atoms with Crippen LogP contribution in [-0.2, 0) is 11.3 Å². The predicted octanol–water partition coefficient (Wildman–Crippen LogP) is 2.18. The molecule has 74 valence electrons. The summed E-state index contributed by atoms with van der Waals surface area (Å²) in [5.74, 6) is 0. The summed E-state index contributed by atoms with van der Waals surface area (Å²) in [5.41, 5.74) is 2.73. The van der Waals surface area contributed by atoms with E-state index >= 15 is 0 Å². The Kier molecular flexibility index (Phi) is 2.72. The number of rotatable bonds is 3. The third kappa shape index (κ3) is 2.18. The number of isocyanates is 1. The van der Waals surface area contributed by atoms with Crippen LogP contribution in [0.3, 0.4) is 0 Å². The number of aromatic nitrogens is 1. The van der Waals surface area contributed by atoms with E-state index in [4.69, 9.17) is 4.52 Å². The van der Waals surface area contributed by atoms with E-state index in [1.165, 1.54) is 12.3 Å². The minimum absolute atomic E-state index is 0.364. The molecule has 0 fully saturated rings. The molecule has 1 aromatic carbocycles. The fourth-order valence-corrected chi connectivity index (χ4v) is 1.27. The van der Waals surface area contributed by atoms with Crippen LogP contribution in [-0.4, -0.2) is 11.2 Å². The highest BCUT2D eigenvalue weighted by atomic mass is 16.5. The van der Waals surface area contributed by atoms with Crippen molar-refractivity contribution in [2.24, 2.45) is 4.99 Å². The Balaban J connectivity index is 2.21. The largest absolute Gasteiger partial charge is 0.364 e. The van der Waals surface area contributed by atoms with Crippen molar-refractivity contribution in [1.82, 2.24) is 5.16 Å². The molecule has 0 N–H and O–H groups in total. The normalized spacial score (nSPS) is 9.60. The second-order valence-electron chi connectivity index (χ2n) is 2.99. The molecule has 1 heterocycles. The van der Waals surface area contributed by atoms with Crippen molar-refractivity contribution in [1.29, 1.82) is 0 Å². The standard InChI is InChI=1S/C11H8N2O2/c14-8-12-7-9-1-3-10(4-2-9)11-5-6-15-13-11/h1-6H,7H2. The molecule has 0 radical (unpaired) electrons. The smallest absolute Gasteiger partial charge is 0.235 e. The van der Waals surface area contributed by atoms with Gasteiger partial charge in [0.15, 0.2) is 0 Å². The molecular formula is C11H8N2O2. The van der Waals surface area contributed by atoms with Crippen LogP contribution in [0.4, 0.5) is 0 Å². The number of hydrogen-bond acceptors (Lipinski definition) is 4. The first kappa shape index (κ1) is 9.37. The summed E-state index contributed by atoms with van der Waals surface area (Å²) in [4.78, 5) is 13.4. The first-order chi connectivity index (χ1) is 7.40. The van der Waals surface area contributed by atoms with Gasteiger partial charge in [-0.05, 0) is 5.56 Å². The predicted molar refractivity (Wildman–Crippen MR) is 53.8 cm³/mol. The van der Waals surface area contributed by atoms with Gasteiger partial charge >= 0.3 is 0 Å². The highest BCUT2D eigenvalue weighted by molar-refractivity contribution is 5.58. The summed E-state index contributed by atoms with van der Waals surface area (Å²) in [6.45, 7) is 0.364. The Morgan fingerprint density at radius 2 is 2.07 bits per heavy atom. The van der Waals surface area contributed by atoms with Gasteiger partial charge in [0.1, 0.15) is 12.0 Å². The quantitative estimate of drug-likeness (QED) is 0.563. The number of aliphatic imine (C=N–C) groups is 1. The number of carbonyl (C=O) groups excluding carboxylic acids is 1. The maximum Gasteiger partial charge on any atom is 0.235 e. The lowest BCUT2D eigenvalue weighted by Gasteiger charge is -1.97. The summed E-state index contributed by atoms with van der Waals surface area (Å²) in [5, 5.41) is 3.82. The maximum atomic E-state index is 9.92. The van der Waals surface area contributed by atoms with E-state index in [-0.39, 0.29) is 0 Å². The molecule has 0 aliphatic heterocycles. The highest BCUT2D eigenvalue weighted by Crippen LogP contribution is 2.17. The summed E-state index contributed by atoms with van der Waals surface area (Å²) >= 11 is 0.